The summed E-state index contributed by atoms with van der Waals surface area (Å²) in [5.74, 6) is -2.25. The Balaban J connectivity index is 3.05. The third kappa shape index (κ3) is 2.97. The molecule has 0 aliphatic rings. The zero-order valence-electron chi connectivity index (χ0n) is 7.05. The van der Waals surface area contributed by atoms with Crippen LogP contribution in [-0.2, 0) is 0 Å². The Labute approximate surface area is 80.9 Å². The normalized spacial score (nSPS) is 11.9. The monoisotopic (exact) mass is 228 g/mol. The van der Waals surface area contributed by atoms with Crippen molar-refractivity contribution in [2.75, 3.05) is 0 Å². The van der Waals surface area contributed by atoms with Crippen LogP contribution in [0.5, 0.6) is 11.5 Å². The van der Waals surface area contributed by atoms with Crippen molar-refractivity contribution in [3.63, 3.8) is 0 Å². The molecule has 0 bridgehead atoms. The second-order valence-corrected chi connectivity index (χ2v) is 2.54. The Morgan fingerprint density at radius 1 is 1.20 bits per heavy atom. The fourth-order valence-corrected chi connectivity index (χ4v) is 0.922. The fraction of sp³-hybridized carbons (Fsp3) is 0.250. The van der Waals surface area contributed by atoms with Gasteiger partial charge in [0.15, 0.2) is 11.5 Å². The lowest BCUT2D eigenvalue weighted by Gasteiger charge is -2.12. The lowest BCUT2D eigenvalue weighted by Crippen LogP contribution is -2.17. The third-order valence-corrected chi connectivity index (χ3v) is 1.49. The lowest BCUT2D eigenvalue weighted by molar-refractivity contribution is -0.275. The van der Waals surface area contributed by atoms with Crippen molar-refractivity contribution in [1.82, 2.24) is 0 Å². The van der Waals surface area contributed by atoms with E-state index in [1.165, 1.54) is 0 Å². The standard InChI is InChI=1S/C8H5F5O2/c9-7(10)4-2-1-3-5(6(4)14)15-8(11,12)13/h1-3,7,14H. The first-order chi connectivity index (χ1) is 6.81. The van der Waals surface area contributed by atoms with Gasteiger partial charge in [0.25, 0.3) is 6.43 Å². The van der Waals surface area contributed by atoms with Crippen molar-refractivity contribution in [3.8, 4) is 11.5 Å². The molecule has 1 rings (SSSR count). The predicted molar refractivity (Wildman–Crippen MR) is 39.7 cm³/mol. The summed E-state index contributed by atoms with van der Waals surface area (Å²) in [7, 11) is 0. The van der Waals surface area contributed by atoms with E-state index in [4.69, 9.17) is 5.11 Å². The number of para-hydroxylation sites is 1. The molecule has 0 fully saturated rings. The summed E-state index contributed by atoms with van der Waals surface area (Å²) < 4.78 is 62.8. The topological polar surface area (TPSA) is 29.5 Å². The quantitative estimate of drug-likeness (QED) is 0.787. The number of halogens is 5. The molecule has 0 atom stereocenters. The van der Waals surface area contributed by atoms with Crippen LogP contribution in [0.15, 0.2) is 18.2 Å². The second-order valence-electron chi connectivity index (χ2n) is 2.54. The minimum Gasteiger partial charge on any atom is -0.504 e. The lowest BCUT2D eigenvalue weighted by atomic mass is 10.2. The number of ether oxygens (including phenoxy) is 1. The zero-order valence-corrected chi connectivity index (χ0v) is 7.05. The molecular formula is C8H5F5O2. The van der Waals surface area contributed by atoms with Crippen LogP contribution >= 0.6 is 0 Å². The van der Waals surface area contributed by atoms with Crippen LogP contribution < -0.4 is 4.74 Å². The van der Waals surface area contributed by atoms with Gasteiger partial charge >= 0.3 is 6.36 Å². The Morgan fingerprint density at radius 3 is 2.27 bits per heavy atom. The van der Waals surface area contributed by atoms with Crippen LogP contribution in [0.4, 0.5) is 22.0 Å². The summed E-state index contributed by atoms with van der Waals surface area (Å²) in [6, 6.07) is 2.49. The van der Waals surface area contributed by atoms with Gasteiger partial charge in [0, 0.05) is 0 Å². The van der Waals surface area contributed by atoms with Gasteiger partial charge in [-0.3, -0.25) is 0 Å². The molecule has 0 aromatic heterocycles. The van der Waals surface area contributed by atoms with Crippen molar-refractivity contribution < 1.29 is 31.8 Å². The van der Waals surface area contributed by atoms with Gasteiger partial charge in [0.1, 0.15) is 0 Å². The van der Waals surface area contributed by atoms with Crippen molar-refractivity contribution >= 4 is 0 Å². The number of phenolic OH excluding ortho intramolecular Hbond substituents is 1. The Bertz CT molecular complexity index is 347. The summed E-state index contributed by atoms with van der Waals surface area (Å²) in [6.07, 6.45) is -8.10. The van der Waals surface area contributed by atoms with Crippen LogP contribution in [0, 0.1) is 0 Å². The third-order valence-electron chi connectivity index (χ3n) is 1.49. The molecule has 0 saturated heterocycles. The van der Waals surface area contributed by atoms with Crippen molar-refractivity contribution in [1.29, 1.82) is 0 Å². The molecule has 0 saturated carbocycles. The summed E-state index contributed by atoms with van der Waals surface area (Å²) in [5, 5.41) is 9.02. The number of alkyl halides is 5. The summed E-state index contributed by atoms with van der Waals surface area (Å²) >= 11 is 0. The maximum absolute atomic E-state index is 12.1. The zero-order chi connectivity index (χ0) is 11.6. The maximum Gasteiger partial charge on any atom is 0.573 e. The molecule has 0 unspecified atom stereocenters. The van der Waals surface area contributed by atoms with Gasteiger partial charge in [0.2, 0.25) is 0 Å². The molecule has 1 aromatic rings. The summed E-state index contributed by atoms with van der Waals surface area (Å²) in [4.78, 5) is 0. The molecule has 7 heteroatoms. The van der Waals surface area contributed by atoms with E-state index in [1.807, 2.05) is 0 Å². The fourth-order valence-electron chi connectivity index (χ4n) is 0.922. The number of benzene rings is 1. The molecule has 0 radical (unpaired) electrons. The van der Waals surface area contributed by atoms with Crippen LogP contribution in [0.3, 0.4) is 0 Å². The van der Waals surface area contributed by atoms with E-state index in [-0.39, 0.29) is 0 Å². The molecule has 0 spiro atoms. The molecule has 0 amide bonds. The average molecular weight is 228 g/mol. The predicted octanol–water partition coefficient (Wildman–Crippen LogP) is 3.23. The molecule has 2 nitrogen and oxygen atoms in total. The van der Waals surface area contributed by atoms with Gasteiger partial charge in [-0.25, -0.2) is 8.78 Å². The van der Waals surface area contributed by atoms with Crippen molar-refractivity contribution in [2.45, 2.75) is 12.8 Å². The highest BCUT2D eigenvalue weighted by atomic mass is 19.4. The van der Waals surface area contributed by atoms with Crippen LogP contribution in [0.25, 0.3) is 0 Å². The van der Waals surface area contributed by atoms with Crippen LogP contribution in [0.1, 0.15) is 12.0 Å². The smallest absolute Gasteiger partial charge is 0.504 e. The number of hydrogen-bond acceptors (Lipinski definition) is 2. The van der Waals surface area contributed by atoms with E-state index in [0.29, 0.717) is 0 Å². The van der Waals surface area contributed by atoms with Gasteiger partial charge in [-0.15, -0.1) is 13.2 Å². The van der Waals surface area contributed by atoms with E-state index in [1.54, 1.807) is 0 Å². The Hall–Kier alpha value is -1.53. The number of rotatable bonds is 2. The van der Waals surface area contributed by atoms with Gasteiger partial charge in [-0.1, -0.05) is 6.07 Å². The minimum absolute atomic E-state index is 0.745. The van der Waals surface area contributed by atoms with E-state index in [0.717, 1.165) is 18.2 Å². The number of hydrogen-bond donors (Lipinski definition) is 1. The van der Waals surface area contributed by atoms with Crippen LogP contribution in [0.2, 0.25) is 0 Å². The summed E-state index contributed by atoms with van der Waals surface area (Å²) in [6.45, 7) is 0. The van der Waals surface area contributed by atoms with Crippen molar-refractivity contribution in [3.05, 3.63) is 23.8 Å². The van der Waals surface area contributed by atoms with E-state index in [2.05, 4.69) is 4.74 Å². The van der Waals surface area contributed by atoms with E-state index in [9.17, 15) is 22.0 Å². The molecule has 0 aliphatic heterocycles. The highest BCUT2D eigenvalue weighted by Gasteiger charge is 2.33. The molecule has 1 N–H and O–H groups in total. The second kappa shape index (κ2) is 3.92. The van der Waals surface area contributed by atoms with E-state index >= 15 is 0 Å². The average Bonchev–Trinajstić information content (AvgIpc) is 2.05. The Kier molecular flexibility index (Phi) is 3.01. The summed E-state index contributed by atoms with van der Waals surface area (Å²) in [5.41, 5.74) is -0.906. The highest BCUT2D eigenvalue weighted by molar-refractivity contribution is 5.45. The molecule has 0 heterocycles. The van der Waals surface area contributed by atoms with Crippen LogP contribution in [-0.4, -0.2) is 11.5 Å². The number of aromatic hydroxyl groups is 1. The first kappa shape index (κ1) is 11.5. The van der Waals surface area contributed by atoms with Gasteiger partial charge in [-0.2, -0.15) is 0 Å². The number of phenols is 1. The largest absolute Gasteiger partial charge is 0.573 e. The SMILES string of the molecule is Oc1c(OC(F)(F)F)cccc1C(F)F. The molecule has 15 heavy (non-hydrogen) atoms. The molecular weight excluding hydrogens is 223 g/mol. The molecule has 84 valence electrons. The maximum atomic E-state index is 12.1. The first-order valence-corrected chi connectivity index (χ1v) is 3.67. The van der Waals surface area contributed by atoms with Gasteiger partial charge in [-0.05, 0) is 12.1 Å². The van der Waals surface area contributed by atoms with E-state index < -0.39 is 29.9 Å². The van der Waals surface area contributed by atoms with Gasteiger partial charge < -0.3 is 9.84 Å². The Morgan fingerprint density at radius 2 is 1.80 bits per heavy atom. The molecule has 1 aromatic carbocycles. The van der Waals surface area contributed by atoms with Crippen molar-refractivity contribution in [2.24, 2.45) is 0 Å². The minimum atomic E-state index is -5.03. The first-order valence-electron chi connectivity index (χ1n) is 3.67. The highest BCUT2D eigenvalue weighted by Crippen LogP contribution is 2.38. The van der Waals surface area contributed by atoms with Gasteiger partial charge in [0.05, 0.1) is 5.56 Å². The molecule has 0 aliphatic carbocycles.